The van der Waals surface area contributed by atoms with Crippen LogP contribution < -0.4 is 0 Å². The zero-order chi connectivity index (χ0) is 11.8. The van der Waals surface area contributed by atoms with Crippen LogP contribution in [-0.4, -0.2) is 21.6 Å². The lowest BCUT2D eigenvalue weighted by atomic mass is 10.1. The number of hydrogen-bond donors (Lipinski definition) is 0. The number of benzene rings is 1. The molecule has 0 spiro atoms. The van der Waals surface area contributed by atoms with Gasteiger partial charge in [0, 0.05) is 6.61 Å². The van der Waals surface area contributed by atoms with Crippen molar-refractivity contribution >= 4 is 15.9 Å². The molecule has 86 valence electrons. The minimum absolute atomic E-state index is 0.160. The first-order valence-electron chi connectivity index (χ1n) is 5.20. The largest absolute Gasteiger partial charge is 0.376 e. The fraction of sp³-hybridized carbons (Fsp3) is 0.333. The third-order valence-corrected chi connectivity index (χ3v) is 4.64. The van der Waals surface area contributed by atoms with Crippen LogP contribution in [0.25, 0.3) is 6.08 Å². The number of aryl methyl sites for hydroxylation is 1. The van der Waals surface area contributed by atoms with Gasteiger partial charge in [0.15, 0.2) is 0 Å². The van der Waals surface area contributed by atoms with Crippen molar-refractivity contribution in [1.29, 1.82) is 0 Å². The van der Waals surface area contributed by atoms with E-state index in [-0.39, 0.29) is 6.61 Å². The average Bonchev–Trinajstić information content (AvgIpc) is 2.48. The van der Waals surface area contributed by atoms with Gasteiger partial charge in [-0.05, 0) is 31.1 Å². The van der Waals surface area contributed by atoms with Crippen molar-refractivity contribution in [2.75, 3.05) is 13.2 Å². The second kappa shape index (κ2) is 4.03. The molecule has 1 aromatic rings. The SMILES string of the molecule is CCOCC1=Cc2cccc(C)c2S1(=O)=O. The summed E-state index contributed by atoms with van der Waals surface area (Å²) in [5, 5.41) is 0. The van der Waals surface area contributed by atoms with Crippen LogP contribution in [0, 0.1) is 6.92 Å². The average molecular weight is 238 g/mol. The second-order valence-electron chi connectivity index (χ2n) is 3.74. The van der Waals surface area contributed by atoms with E-state index in [9.17, 15) is 8.42 Å². The van der Waals surface area contributed by atoms with Crippen LogP contribution >= 0.6 is 0 Å². The summed E-state index contributed by atoms with van der Waals surface area (Å²) >= 11 is 0. The molecule has 1 heterocycles. The first kappa shape index (κ1) is 11.4. The highest BCUT2D eigenvalue weighted by molar-refractivity contribution is 7.96. The van der Waals surface area contributed by atoms with Gasteiger partial charge in [-0.3, -0.25) is 0 Å². The maximum Gasteiger partial charge on any atom is 0.205 e. The normalized spacial score (nSPS) is 17.0. The molecular weight excluding hydrogens is 224 g/mol. The second-order valence-corrected chi connectivity index (χ2v) is 5.68. The molecule has 1 aromatic carbocycles. The highest BCUT2D eigenvalue weighted by Crippen LogP contribution is 2.34. The van der Waals surface area contributed by atoms with E-state index in [1.54, 1.807) is 6.08 Å². The molecular formula is C12H14O3S. The number of fused-ring (bicyclic) bond motifs is 1. The Kier molecular flexibility index (Phi) is 2.86. The summed E-state index contributed by atoms with van der Waals surface area (Å²) in [6.07, 6.45) is 1.70. The Bertz CT molecular complexity index is 541. The fourth-order valence-corrected chi connectivity index (χ4v) is 3.57. The third-order valence-electron chi connectivity index (χ3n) is 2.62. The highest BCUT2D eigenvalue weighted by Gasteiger charge is 2.30. The maximum absolute atomic E-state index is 12.2. The van der Waals surface area contributed by atoms with E-state index < -0.39 is 9.84 Å². The van der Waals surface area contributed by atoms with E-state index >= 15 is 0 Å². The van der Waals surface area contributed by atoms with Gasteiger partial charge in [-0.1, -0.05) is 18.2 Å². The molecule has 0 saturated heterocycles. The monoisotopic (exact) mass is 238 g/mol. The quantitative estimate of drug-likeness (QED) is 0.810. The van der Waals surface area contributed by atoms with Crippen molar-refractivity contribution in [1.82, 2.24) is 0 Å². The zero-order valence-electron chi connectivity index (χ0n) is 9.36. The van der Waals surface area contributed by atoms with Gasteiger partial charge < -0.3 is 4.74 Å². The smallest absolute Gasteiger partial charge is 0.205 e. The molecule has 0 unspecified atom stereocenters. The van der Waals surface area contributed by atoms with Gasteiger partial charge in [0.2, 0.25) is 9.84 Å². The molecule has 0 bridgehead atoms. The lowest BCUT2D eigenvalue weighted by Gasteiger charge is -2.05. The van der Waals surface area contributed by atoms with Crippen LogP contribution in [0.1, 0.15) is 18.1 Å². The Morgan fingerprint density at radius 3 is 2.69 bits per heavy atom. The Morgan fingerprint density at radius 2 is 2.06 bits per heavy atom. The van der Waals surface area contributed by atoms with Crippen LogP contribution in [0.4, 0.5) is 0 Å². The molecule has 0 atom stereocenters. The van der Waals surface area contributed by atoms with Crippen LogP contribution in [0.2, 0.25) is 0 Å². The highest BCUT2D eigenvalue weighted by atomic mass is 32.2. The summed E-state index contributed by atoms with van der Waals surface area (Å²) < 4.78 is 29.5. The van der Waals surface area contributed by atoms with Gasteiger partial charge in [0.05, 0.1) is 16.4 Å². The van der Waals surface area contributed by atoms with E-state index in [1.165, 1.54) is 0 Å². The number of sulfone groups is 1. The Morgan fingerprint density at radius 1 is 1.31 bits per heavy atom. The molecule has 0 fully saturated rings. The summed E-state index contributed by atoms with van der Waals surface area (Å²) in [7, 11) is -3.31. The predicted molar refractivity (Wildman–Crippen MR) is 62.8 cm³/mol. The van der Waals surface area contributed by atoms with Gasteiger partial charge >= 0.3 is 0 Å². The Labute approximate surface area is 95.7 Å². The van der Waals surface area contributed by atoms with E-state index in [4.69, 9.17) is 4.74 Å². The standard InChI is InChI=1S/C12H14O3S/c1-3-15-8-11-7-10-6-4-5-9(2)12(10)16(11,13)14/h4-7H,3,8H2,1-2H3. The van der Waals surface area contributed by atoms with Gasteiger partial charge in [0.1, 0.15) is 0 Å². The molecule has 0 saturated carbocycles. The van der Waals surface area contributed by atoms with Crippen molar-refractivity contribution in [2.24, 2.45) is 0 Å². The minimum atomic E-state index is -3.31. The van der Waals surface area contributed by atoms with E-state index in [0.29, 0.717) is 16.4 Å². The molecule has 4 heteroatoms. The summed E-state index contributed by atoms with van der Waals surface area (Å²) in [6, 6.07) is 5.50. The number of ether oxygens (including phenoxy) is 1. The number of hydrogen-bond acceptors (Lipinski definition) is 3. The minimum Gasteiger partial charge on any atom is -0.376 e. The predicted octanol–water partition coefficient (Wildman–Crippen LogP) is 2.16. The molecule has 2 rings (SSSR count). The van der Waals surface area contributed by atoms with Crippen molar-refractivity contribution in [3.63, 3.8) is 0 Å². The first-order valence-corrected chi connectivity index (χ1v) is 6.68. The first-order chi connectivity index (χ1) is 7.57. The van der Waals surface area contributed by atoms with Gasteiger partial charge in [0.25, 0.3) is 0 Å². The number of rotatable bonds is 3. The van der Waals surface area contributed by atoms with Crippen LogP contribution in [0.5, 0.6) is 0 Å². The topological polar surface area (TPSA) is 43.4 Å². The zero-order valence-corrected chi connectivity index (χ0v) is 10.2. The summed E-state index contributed by atoms with van der Waals surface area (Å²) in [4.78, 5) is 0.795. The fourth-order valence-electron chi connectivity index (χ4n) is 1.86. The molecule has 0 aromatic heterocycles. The molecule has 0 aliphatic carbocycles. The molecule has 1 aliphatic rings. The summed E-state index contributed by atoms with van der Waals surface area (Å²) in [5.41, 5.74) is 1.56. The van der Waals surface area contributed by atoms with Gasteiger partial charge in [-0.25, -0.2) is 8.42 Å². The van der Waals surface area contributed by atoms with E-state index in [0.717, 1.165) is 11.1 Å². The lowest BCUT2D eigenvalue weighted by molar-refractivity contribution is 0.175. The van der Waals surface area contributed by atoms with Gasteiger partial charge in [-0.2, -0.15) is 0 Å². The third kappa shape index (κ3) is 1.68. The summed E-state index contributed by atoms with van der Waals surface area (Å²) in [5.74, 6) is 0. The van der Waals surface area contributed by atoms with Crippen LogP contribution in [0.15, 0.2) is 28.0 Å². The Hall–Kier alpha value is -1.13. The van der Waals surface area contributed by atoms with Crippen molar-refractivity contribution in [2.45, 2.75) is 18.7 Å². The summed E-state index contributed by atoms with van der Waals surface area (Å²) in [6.45, 7) is 4.34. The molecule has 0 N–H and O–H groups in total. The van der Waals surface area contributed by atoms with E-state index in [2.05, 4.69) is 0 Å². The van der Waals surface area contributed by atoms with Crippen LogP contribution in [0.3, 0.4) is 0 Å². The molecule has 3 nitrogen and oxygen atoms in total. The lowest BCUT2D eigenvalue weighted by Crippen LogP contribution is -2.08. The van der Waals surface area contributed by atoms with Crippen molar-refractivity contribution in [3.05, 3.63) is 34.2 Å². The molecule has 0 amide bonds. The van der Waals surface area contributed by atoms with Crippen molar-refractivity contribution < 1.29 is 13.2 Å². The van der Waals surface area contributed by atoms with Crippen LogP contribution in [-0.2, 0) is 14.6 Å². The van der Waals surface area contributed by atoms with Gasteiger partial charge in [-0.15, -0.1) is 0 Å². The maximum atomic E-state index is 12.2. The van der Waals surface area contributed by atoms with Crippen molar-refractivity contribution in [3.8, 4) is 0 Å². The molecule has 16 heavy (non-hydrogen) atoms. The molecule has 0 radical (unpaired) electrons. The Balaban J connectivity index is 2.48. The van der Waals surface area contributed by atoms with E-state index in [1.807, 2.05) is 32.0 Å². The molecule has 1 aliphatic heterocycles.